The highest BCUT2D eigenvalue weighted by Crippen LogP contribution is 2.25. The van der Waals surface area contributed by atoms with Crippen molar-refractivity contribution >= 4 is 21.8 Å². The SMILES string of the molecule is Cc1noc(C)c1S(=O)(=O)N1CCN(C(=O)CN2Cc3ccccc3C[C@H]2C(N)=O)CC1. The summed E-state index contributed by atoms with van der Waals surface area (Å²) in [5.41, 5.74) is 8.08. The third kappa shape index (κ3) is 4.15. The van der Waals surface area contributed by atoms with E-state index in [1.165, 1.54) is 4.31 Å². The van der Waals surface area contributed by atoms with Gasteiger partial charge in [0.05, 0.1) is 12.6 Å². The van der Waals surface area contributed by atoms with Crippen molar-refractivity contribution in [1.29, 1.82) is 0 Å². The molecule has 0 spiro atoms. The summed E-state index contributed by atoms with van der Waals surface area (Å²) < 4.78 is 32.3. The smallest absolute Gasteiger partial charge is 0.248 e. The minimum absolute atomic E-state index is 0.0541. The van der Waals surface area contributed by atoms with Crippen LogP contribution in [0.5, 0.6) is 0 Å². The molecule has 0 aliphatic carbocycles. The fourth-order valence-corrected chi connectivity index (χ4v) is 6.16. The lowest BCUT2D eigenvalue weighted by molar-refractivity contribution is -0.136. The number of benzene rings is 1. The van der Waals surface area contributed by atoms with E-state index in [1.54, 1.807) is 23.6 Å². The number of aromatic nitrogens is 1. The van der Waals surface area contributed by atoms with Crippen LogP contribution in [0.2, 0.25) is 0 Å². The number of primary amides is 1. The number of rotatable bonds is 5. The van der Waals surface area contributed by atoms with Crippen LogP contribution in [0.1, 0.15) is 22.6 Å². The van der Waals surface area contributed by atoms with Crippen molar-refractivity contribution in [3.8, 4) is 0 Å². The highest BCUT2D eigenvalue weighted by Gasteiger charge is 2.36. The van der Waals surface area contributed by atoms with Gasteiger partial charge in [0, 0.05) is 32.7 Å². The molecule has 2 aliphatic rings. The molecule has 2 aromatic rings. The van der Waals surface area contributed by atoms with E-state index in [0.29, 0.717) is 18.7 Å². The molecule has 4 rings (SSSR count). The molecule has 3 heterocycles. The molecular formula is C21H27N5O5S. The van der Waals surface area contributed by atoms with Crippen LogP contribution in [0.4, 0.5) is 0 Å². The molecule has 2 N–H and O–H groups in total. The van der Waals surface area contributed by atoms with Crippen molar-refractivity contribution in [2.45, 2.75) is 37.8 Å². The number of hydrogen-bond donors (Lipinski definition) is 1. The average Bonchev–Trinajstić information content (AvgIpc) is 3.11. The Morgan fingerprint density at radius 3 is 2.38 bits per heavy atom. The minimum Gasteiger partial charge on any atom is -0.368 e. The van der Waals surface area contributed by atoms with E-state index in [0.717, 1.165) is 11.1 Å². The third-order valence-corrected chi connectivity index (χ3v) is 8.31. The van der Waals surface area contributed by atoms with Crippen molar-refractivity contribution in [2.75, 3.05) is 32.7 Å². The van der Waals surface area contributed by atoms with Crippen LogP contribution in [0, 0.1) is 13.8 Å². The number of nitrogens with two attached hydrogens (primary N) is 1. The highest BCUT2D eigenvalue weighted by atomic mass is 32.2. The molecule has 1 saturated heterocycles. The summed E-state index contributed by atoms with van der Waals surface area (Å²) in [5, 5.41) is 3.73. The number of aryl methyl sites for hydroxylation is 2. The molecule has 2 amide bonds. The van der Waals surface area contributed by atoms with E-state index in [1.807, 2.05) is 24.3 Å². The average molecular weight is 462 g/mol. The Morgan fingerprint density at radius 1 is 1.12 bits per heavy atom. The number of piperazine rings is 1. The second-order valence-corrected chi connectivity index (χ2v) is 10.1. The van der Waals surface area contributed by atoms with Gasteiger partial charge in [-0.15, -0.1) is 0 Å². The summed E-state index contributed by atoms with van der Waals surface area (Å²) in [6.07, 6.45) is 0.474. The number of fused-ring (bicyclic) bond motifs is 1. The van der Waals surface area contributed by atoms with E-state index in [9.17, 15) is 18.0 Å². The summed E-state index contributed by atoms with van der Waals surface area (Å²) in [7, 11) is -3.74. The molecule has 2 aliphatic heterocycles. The third-order valence-electron chi connectivity index (χ3n) is 6.17. The molecule has 1 fully saturated rings. The van der Waals surface area contributed by atoms with Crippen molar-refractivity contribution in [3.05, 3.63) is 46.8 Å². The molecule has 0 radical (unpaired) electrons. The van der Waals surface area contributed by atoms with E-state index in [2.05, 4.69) is 5.16 Å². The number of sulfonamides is 1. The molecular weight excluding hydrogens is 434 g/mol. The summed E-state index contributed by atoms with van der Waals surface area (Å²) >= 11 is 0. The maximum atomic E-state index is 13.0. The summed E-state index contributed by atoms with van der Waals surface area (Å²) in [6.45, 7) is 4.59. The molecule has 1 aromatic heterocycles. The van der Waals surface area contributed by atoms with Gasteiger partial charge in [-0.3, -0.25) is 14.5 Å². The van der Waals surface area contributed by atoms with Gasteiger partial charge in [0.1, 0.15) is 10.6 Å². The van der Waals surface area contributed by atoms with Gasteiger partial charge in [-0.05, 0) is 31.4 Å². The van der Waals surface area contributed by atoms with Gasteiger partial charge in [0.25, 0.3) is 0 Å². The van der Waals surface area contributed by atoms with Crippen LogP contribution in [-0.4, -0.2) is 78.3 Å². The lowest BCUT2D eigenvalue weighted by Crippen LogP contribution is -2.55. The Balaban J connectivity index is 1.41. The van der Waals surface area contributed by atoms with Crippen LogP contribution in [-0.2, 0) is 32.6 Å². The number of carbonyl (C=O) groups is 2. The predicted molar refractivity (Wildman–Crippen MR) is 115 cm³/mol. The van der Waals surface area contributed by atoms with Crippen LogP contribution < -0.4 is 5.73 Å². The molecule has 0 bridgehead atoms. The Morgan fingerprint density at radius 2 is 1.78 bits per heavy atom. The number of amides is 2. The summed E-state index contributed by atoms with van der Waals surface area (Å²) in [4.78, 5) is 28.5. The summed E-state index contributed by atoms with van der Waals surface area (Å²) in [6, 6.07) is 7.27. The quantitative estimate of drug-likeness (QED) is 0.665. The molecule has 0 saturated carbocycles. The predicted octanol–water partition coefficient (Wildman–Crippen LogP) is 0.0365. The normalized spacial score (nSPS) is 20.2. The van der Waals surface area contributed by atoms with Crippen LogP contribution >= 0.6 is 0 Å². The fourth-order valence-electron chi connectivity index (χ4n) is 4.45. The molecule has 1 atom stereocenters. The molecule has 32 heavy (non-hydrogen) atoms. The van der Waals surface area contributed by atoms with Crippen molar-refractivity contribution in [1.82, 2.24) is 19.3 Å². The topological polar surface area (TPSA) is 130 Å². The van der Waals surface area contributed by atoms with Gasteiger partial charge < -0.3 is 15.2 Å². The van der Waals surface area contributed by atoms with E-state index in [4.69, 9.17) is 10.3 Å². The van der Waals surface area contributed by atoms with Gasteiger partial charge in [0.15, 0.2) is 5.76 Å². The van der Waals surface area contributed by atoms with E-state index < -0.39 is 22.0 Å². The Bertz CT molecular complexity index is 1120. The maximum Gasteiger partial charge on any atom is 0.248 e. The second kappa shape index (κ2) is 8.64. The largest absolute Gasteiger partial charge is 0.368 e. The lowest BCUT2D eigenvalue weighted by atomic mass is 9.93. The highest BCUT2D eigenvalue weighted by molar-refractivity contribution is 7.89. The molecule has 10 nitrogen and oxygen atoms in total. The van der Waals surface area contributed by atoms with Crippen molar-refractivity contribution in [3.63, 3.8) is 0 Å². The van der Waals surface area contributed by atoms with Crippen LogP contribution in [0.25, 0.3) is 0 Å². The Labute approximate surface area is 187 Å². The Hall–Kier alpha value is -2.76. The first-order valence-corrected chi connectivity index (χ1v) is 11.9. The van der Waals surface area contributed by atoms with Gasteiger partial charge in [-0.2, -0.15) is 4.31 Å². The number of hydrogen-bond acceptors (Lipinski definition) is 7. The van der Waals surface area contributed by atoms with Crippen LogP contribution in [0.15, 0.2) is 33.7 Å². The summed E-state index contributed by atoms with van der Waals surface area (Å²) in [5.74, 6) is -0.350. The second-order valence-electron chi connectivity index (χ2n) is 8.23. The van der Waals surface area contributed by atoms with Gasteiger partial charge in [-0.1, -0.05) is 29.4 Å². The first kappa shape index (κ1) is 22.4. The van der Waals surface area contributed by atoms with Gasteiger partial charge in [0.2, 0.25) is 21.8 Å². The van der Waals surface area contributed by atoms with Crippen molar-refractivity contribution in [2.24, 2.45) is 5.73 Å². The monoisotopic (exact) mass is 461 g/mol. The zero-order valence-electron chi connectivity index (χ0n) is 18.2. The van der Waals surface area contributed by atoms with Crippen LogP contribution in [0.3, 0.4) is 0 Å². The fraction of sp³-hybridized carbons (Fsp3) is 0.476. The first-order chi connectivity index (χ1) is 15.2. The molecule has 0 unspecified atom stereocenters. The molecule has 11 heteroatoms. The van der Waals surface area contributed by atoms with Gasteiger partial charge >= 0.3 is 0 Å². The van der Waals surface area contributed by atoms with E-state index in [-0.39, 0.29) is 49.3 Å². The molecule has 1 aromatic carbocycles. The minimum atomic E-state index is -3.74. The number of carbonyl (C=O) groups excluding carboxylic acids is 2. The standard InChI is InChI=1S/C21H27N5O5S/c1-14-20(15(2)31-23-14)32(29,30)26-9-7-24(8-10-26)19(27)13-25-12-17-6-4-3-5-16(17)11-18(25)21(22)28/h3-6,18H,7-13H2,1-2H3,(H2,22,28)/t18-/m0/s1. The lowest BCUT2D eigenvalue weighted by Gasteiger charge is -2.38. The Kier molecular flexibility index (Phi) is 6.06. The van der Waals surface area contributed by atoms with Gasteiger partial charge in [-0.25, -0.2) is 8.42 Å². The first-order valence-electron chi connectivity index (χ1n) is 10.5. The zero-order valence-corrected chi connectivity index (χ0v) is 19.0. The van der Waals surface area contributed by atoms with E-state index >= 15 is 0 Å². The maximum absolute atomic E-state index is 13.0. The molecule has 172 valence electrons. The zero-order chi connectivity index (χ0) is 23.0. The number of nitrogens with zero attached hydrogens (tertiary/aromatic N) is 4. The van der Waals surface area contributed by atoms with Crippen molar-refractivity contribution < 1.29 is 22.5 Å².